The van der Waals surface area contributed by atoms with Gasteiger partial charge in [0, 0.05) is 18.3 Å². The average molecular weight is 300 g/mol. The van der Waals surface area contributed by atoms with Crippen LogP contribution in [0.2, 0.25) is 0 Å². The number of nitrogen functional groups attached to an aromatic ring is 1. The van der Waals surface area contributed by atoms with Gasteiger partial charge in [0.05, 0.1) is 0 Å². The van der Waals surface area contributed by atoms with Crippen molar-refractivity contribution < 1.29 is 12.8 Å². The van der Waals surface area contributed by atoms with E-state index in [1.54, 1.807) is 0 Å². The molecular weight excluding hydrogens is 279 g/mol. The molecular formula is C14H21FN2O2S. The Morgan fingerprint density at radius 3 is 2.80 bits per heavy atom. The summed E-state index contributed by atoms with van der Waals surface area (Å²) in [7, 11) is -3.82. The van der Waals surface area contributed by atoms with Crippen molar-refractivity contribution in [2.45, 2.75) is 50.0 Å². The minimum absolute atomic E-state index is 0.0525. The molecule has 6 heteroatoms. The normalized spacial score (nSPS) is 21.6. The molecule has 0 aromatic heterocycles. The highest BCUT2D eigenvalue weighted by atomic mass is 32.2. The highest BCUT2D eigenvalue weighted by Gasteiger charge is 2.33. The Hall–Kier alpha value is -1.14. The topological polar surface area (TPSA) is 63.4 Å². The predicted molar refractivity (Wildman–Crippen MR) is 77.3 cm³/mol. The molecule has 1 unspecified atom stereocenters. The highest BCUT2D eigenvalue weighted by Crippen LogP contribution is 2.28. The van der Waals surface area contributed by atoms with Gasteiger partial charge < -0.3 is 5.73 Å². The number of benzene rings is 1. The van der Waals surface area contributed by atoms with E-state index in [0.717, 1.165) is 38.2 Å². The number of nitrogens with two attached hydrogens (primary N) is 1. The molecule has 0 spiro atoms. The van der Waals surface area contributed by atoms with Crippen LogP contribution in [0.4, 0.5) is 10.1 Å². The van der Waals surface area contributed by atoms with Crippen LogP contribution in [0.5, 0.6) is 0 Å². The van der Waals surface area contributed by atoms with Crippen LogP contribution in [0.3, 0.4) is 0 Å². The fourth-order valence-corrected chi connectivity index (χ4v) is 4.59. The molecule has 1 atom stereocenters. The smallest absolute Gasteiger partial charge is 0.246 e. The van der Waals surface area contributed by atoms with E-state index in [-0.39, 0.29) is 16.6 Å². The monoisotopic (exact) mass is 300 g/mol. The van der Waals surface area contributed by atoms with Crippen molar-refractivity contribution in [1.29, 1.82) is 0 Å². The first-order chi connectivity index (χ1) is 9.46. The van der Waals surface area contributed by atoms with E-state index in [1.165, 1.54) is 16.4 Å². The van der Waals surface area contributed by atoms with E-state index in [2.05, 4.69) is 0 Å². The van der Waals surface area contributed by atoms with E-state index < -0.39 is 15.8 Å². The molecule has 1 aliphatic heterocycles. The van der Waals surface area contributed by atoms with Crippen molar-refractivity contribution in [2.24, 2.45) is 0 Å². The molecule has 0 aliphatic carbocycles. The summed E-state index contributed by atoms with van der Waals surface area (Å²) < 4.78 is 40.8. The lowest BCUT2D eigenvalue weighted by Gasteiger charge is -2.28. The van der Waals surface area contributed by atoms with Gasteiger partial charge in [-0.05, 0) is 37.5 Å². The quantitative estimate of drug-likeness (QED) is 0.873. The van der Waals surface area contributed by atoms with Gasteiger partial charge in [0.25, 0.3) is 0 Å². The average Bonchev–Trinajstić information content (AvgIpc) is 2.66. The minimum atomic E-state index is -3.82. The number of nitrogens with zero attached hydrogens (tertiary/aromatic N) is 1. The van der Waals surface area contributed by atoms with Crippen molar-refractivity contribution in [2.75, 3.05) is 12.3 Å². The second-order valence-corrected chi connectivity index (χ2v) is 7.08. The summed E-state index contributed by atoms with van der Waals surface area (Å²) in [6.07, 6.45) is 4.42. The minimum Gasteiger partial charge on any atom is -0.399 e. The molecule has 2 N–H and O–H groups in total. The van der Waals surface area contributed by atoms with Gasteiger partial charge in [-0.15, -0.1) is 0 Å². The molecule has 4 nitrogen and oxygen atoms in total. The zero-order chi connectivity index (χ0) is 14.8. The Bertz CT molecular complexity index is 575. The number of halogens is 1. The third kappa shape index (κ3) is 2.96. The Kier molecular flexibility index (Phi) is 4.65. The van der Waals surface area contributed by atoms with Crippen molar-refractivity contribution in [3.8, 4) is 0 Å². The molecule has 1 aromatic rings. The lowest BCUT2D eigenvalue weighted by Crippen LogP contribution is -2.40. The van der Waals surface area contributed by atoms with E-state index in [1.807, 2.05) is 6.92 Å². The van der Waals surface area contributed by atoms with Gasteiger partial charge in [-0.2, -0.15) is 4.31 Å². The van der Waals surface area contributed by atoms with Crippen molar-refractivity contribution in [1.82, 2.24) is 4.31 Å². The zero-order valence-corrected chi connectivity index (χ0v) is 12.5. The van der Waals surface area contributed by atoms with Gasteiger partial charge >= 0.3 is 0 Å². The summed E-state index contributed by atoms with van der Waals surface area (Å²) in [4.78, 5) is -0.308. The van der Waals surface area contributed by atoms with Crippen LogP contribution in [0.25, 0.3) is 0 Å². The predicted octanol–water partition coefficient (Wildman–Crippen LogP) is 2.75. The highest BCUT2D eigenvalue weighted by molar-refractivity contribution is 7.89. The number of hydrogen-bond acceptors (Lipinski definition) is 3. The Morgan fingerprint density at radius 1 is 1.35 bits per heavy atom. The largest absolute Gasteiger partial charge is 0.399 e. The first-order valence-electron chi connectivity index (χ1n) is 7.03. The molecule has 112 valence electrons. The van der Waals surface area contributed by atoms with Gasteiger partial charge in [0.2, 0.25) is 10.0 Å². The van der Waals surface area contributed by atoms with Crippen LogP contribution in [0, 0.1) is 5.82 Å². The van der Waals surface area contributed by atoms with Crippen molar-refractivity contribution >= 4 is 15.7 Å². The SMILES string of the molecule is CCC1CCCCCN1S(=O)(=O)c1cc(N)ccc1F. The first-order valence-corrected chi connectivity index (χ1v) is 8.47. The van der Waals surface area contributed by atoms with Gasteiger partial charge in [-0.1, -0.05) is 19.8 Å². The molecule has 2 rings (SSSR count). The number of sulfonamides is 1. The second-order valence-electron chi connectivity index (χ2n) is 5.22. The third-order valence-electron chi connectivity index (χ3n) is 3.84. The van der Waals surface area contributed by atoms with Crippen LogP contribution < -0.4 is 5.73 Å². The van der Waals surface area contributed by atoms with Crippen LogP contribution >= 0.6 is 0 Å². The van der Waals surface area contributed by atoms with E-state index in [9.17, 15) is 12.8 Å². The lowest BCUT2D eigenvalue weighted by molar-refractivity contribution is 0.313. The molecule has 0 saturated carbocycles. The summed E-state index contributed by atoms with van der Waals surface area (Å²) in [6.45, 7) is 2.42. The number of anilines is 1. The standard InChI is InChI=1S/C14H21FN2O2S/c1-2-12-6-4-3-5-9-17(12)20(18,19)14-10-11(16)7-8-13(14)15/h7-8,10,12H,2-6,9,16H2,1H3. The van der Waals surface area contributed by atoms with E-state index in [4.69, 9.17) is 5.73 Å². The third-order valence-corrected chi connectivity index (χ3v) is 5.80. The molecule has 1 saturated heterocycles. The van der Waals surface area contributed by atoms with E-state index >= 15 is 0 Å². The maximum absolute atomic E-state index is 13.9. The van der Waals surface area contributed by atoms with Gasteiger partial charge in [-0.3, -0.25) is 0 Å². The van der Waals surface area contributed by atoms with Gasteiger partial charge in [-0.25, -0.2) is 12.8 Å². The van der Waals surface area contributed by atoms with Crippen molar-refractivity contribution in [3.05, 3.63) is 24.0 Å². The van der Waals surface area contributed by atoms with Gasteiger partial charge in [0.1, 0.15) is 10.7 Å². The Balaban J connectivity index is 2.44. The Labute approximate surface area is 119 Å². The number of hydrogen-bond donors (Lipinski definition) is 1. The molecule has 1 heterocycles. The maximum Gasteiger partial charge on any atom is 0.246 e. The van der Waals surface area contributed by atoms with Crippen LogP contribution in [0.15, 0.2) is 23.1 Å². The molecule has 1 aromatic carbocycles. The molecule has 0 amide bonds. The van der Waals surface area contributed by atoms with Crippen molar-refractivity contribution in [3.63, 3.8) is 0 Å². The van der Waals surface area contributed by atoms with Crippen LogP contribution in [-0.2, 0) is 10.0 Å². The second kappa shape index (κ2) is 6.10. The van der Waals surface area contributed by atoms with E-state index in [0.29, 0.717) is 6.54 Å². The lowest BCUT2D eigenvalue weighted by atomic mass is 10.1. The number of rotatable bonds is 3. The molecule has 1 aliphatic rings. The summed E-state index contributed by atoms with van der Waals surface area (Å²) in [5.41, 5.74) is 5.86. The summed E-state index contributed by atoms with van der Waals surface area (Å²) in [6, 6.07) is 3.64. The summed E-state index contributed by atoms with van der Waals surface area (Å²) in [5, 5.41) is 0. The fraction of sp³-hybridized carbons (Fsp3) is 0.571. The summed E-state index contributed by atoms with van der Waals surface area (Å²) in [5.74, 6) is -0.738. The van der Waals surface area contributed by atoms with Crippen LogP contribution in [0.1, 0.15) is 39.0 Å². The maximum atomic E-state index is 13.9. The summed E-state index contributed by atoms with van der Waals surface area (Å²) >= 11 is 0. The molecule has 0 bridgehead atoms. The molecule has 0 radical (unpaired) electrons. The Morgan fingerprint density at radius 2 is 2.10 bits per heavy atom. The first kappa shape index (κ1) is 15.3. The fourth-order valence-electron chi connectivity index (χ4n) is 2.72. The zero-order valence-electron chi connectivity index (χ0n) is 11.7. The molecule has 1 fully saturated rings. The molecule has 20 heavy (non-hydrogen) atoms. The van der Waals surface area contributed by atoms with Crippen LogP contribution in [-0.4, -0.2) is 25.3 Å². The van der Waals surface area contributed by atoms with Gasteiger partial charge in [0.15, 0.2) is 0 Å².